The summed E-state index contributed by atoms with van der Waals surface area (Å²) in [5.41, 5.74) is 2.75. The molecule has 2 aromatic carbocycles. The largest absolute Gasteiger partial charge is 0.435 e. The van der Waals surface area contributed by atoms with Gasteiger partial charge < -0.3 is 4.74 Å². The molecule has 0 radical (unpaired) electrons. The number of alkyl halides is 4. The van der Waals surface area contributed by atoms with E-state index in [9.17, 15) is 17.6 Å². The summed E-state index contributed by atoms with van der Waals surface area (Å²) in [5.74, 6) is 0.104. The summed E-state index contributed by atoms with van der Waals surface area (Å²) in [4.78, 5) is 0. The van der Waals surface area contributed by atoms with E-state index in [1.165, 1.54) is 12.1 Å². The molecule has 0 aromatic heterocycles. The average molecular weight is 312 g/mol. The van der Waals surface area contributed by atoms with Crippen molar-refractivity contribution in [2.24, 2.45) is 0 Å². The van der Waals surface area contributed by atoms with E-state index in [-0.39, 0.29) is 12.2 Å². The Balaban J connectivity index is 2.05. The monoisotopic (exact) mass is 312 g/mol. The molecular formula is C17H16F4O. The number of ether oxygens (including phenoxy) is 1. The topological polar surface area (TPSA) is 9.23 Å². The number of rotatable bonds is 7. The van der Waals surface area contributed by atoms with Gasteiger partial charge in [-0.2, -0.15) is 8.78 Å². The van der Waals surface area contributed by atoms with Crippen LogP contribution >= 0.6 is 0 Å². The minimum absolute atomic E-state index is 0.104. The molecule has 0 bridgehead atoms. The summed E-state index contributed by atoms with van der Waals surface area (Å²) in [6.07, 6.45) is -1.36. The Bertz CT molecular complexity index is 581. The van der Waals surface area contributed by atoms with Crippen LogP contribution in [-0.4, -0.2) is 13.0 Å². The number of hydrogen-bond acceptors (Lipinski definition) is 1. The highest BCUT2D eigenvalue weighted by Crippen LogP contribution is 2.24. The summed E-state index contributed by atoms with van der Waals surface area (Å²) in [7, 11) is 0. The minimum atomic E-state index is -2.84. The summed E-state index contributed by atoms with van der Waals surface area (Å²) in [6, 6.07) is 13.9. The van der Waals surface area contributed by atoms with Crippen molar-refractivity contribution in [1.29, 1.82) is 0 Å². The summed E-state index contributed by atoms with van der Waals surface area (Å²) < 4.78 is 52.8. The van der Waals surface area contributed by atoms with E-state index in [2.05, 4.69) is 4.74 Å². The number of halogens is 4. The third-order valence-corrected chi connectivity index (χ3v) is 3.23. The van der Waals surface area contributed by atoms with Crippen LogP contribution in [0.2, 0.25) is 0 Å². The van der Waals surface area contributed by atoms with Crippen LogP contribution in [0.25, 0.3) is 11.1 Å². The molecule has 2 aromatic rings. The van der Waals surface area contributed by atoms with Crippen LogP contribution in [0.3, 0.4) is 0 Å². The van der Waals surface area contributed by atoms with Gasteiger partial charge >= 0.3 is 6.61 Å². The van der Waals surface area contributed by atoms with Gasteiger partial charge in [0.1, 0.15) is 5.75 Å². The van der Waals surface area contributed by atoms with Crippen molar-refractivity contribution in [3.63, 3.8) is 0 Å². The number of hydrogen-bond donors (Lipinski definition) is 0. The molecule has 2 rings (SSSR count). The number of benzene rings is 2. The summed E-state index contributed by atoms with van der Waals surface area (Å²) in [6.45, 7) is -2.84. The fraction of sp³-hybridized carbons (Fsp3) is 0.294. The molecular weight excluding hydrogens is 296 g/mol. The average Bonchev–Trinajstić information content (AvgIpc) is 2.47. The first kappa shape index (κ1) is 16.3. The second-order valence-electron chi connectivity index (χ2n) is 4.89. The van der Waals surface area contributed by atoms with Crippen molar-refractivity contribution in [1.82, 2.24) is 0 Å². The highest BCUT2D eigenvalue weighted by Gasteiger charge is 2.06. The van der Waals surface area contributed by atoms with Gasteiger partial charge in [-0.05, 0) is 41.7 Å². The lowest BCUT2D eigenvalue weighted by Crippen LogP contribution is -2.01. The van der Waals surface area contributed by atoms with Crippen LogP contribution in [0, 0.1) is 0 Å². The van der Waals surface area contributed by atoms with Crippen molar-refractivity contribution in [3.8, 4) is 16.9 Å². The molecule has 0 N–H and O–H groups in total. The molecule has 0 aliphatic carbocycles. The molecule has 0 aliphatic rings. The zero-order chi connectivity index (χ0) is 15.9. The molecule has 0 saturated carbocycles. The lowest BCUT2D eigenvalue weighted by Gasteiger charge is -2.08. The van der Waals surface area contributed by atoms with E-state index in [1.54, 1.807) is 12.1 Å². The maximum Gasteiger partial charge on any atom is 0.387 e. The Kier molecular flexibility index (Phi) is 5.81. The predicted octanol–water partition coefficient (Wildman–Crippen LogP) is 5.54. The first-order chi connectivity index (χ1) is 10.5. The number of aryl methyl sites for hydroxylation is 1. The molecule has 0 aliphatic heterocycles. The standard InChI is InChI=1S/C17H16F4O/c18-16(19)6-2-4-12-3-1-5-14(11-12)13-7-9-15(10-8-13)22-17(20)21/h1,3,5,7-11,16-17H,2,4,6H2. The molecule has 1 nitrogen and oxygen atoms in total. The van der Waals surface area contributed by atoms with E-state index in [4.69, 9.17) is 0 Å². The van der Waals surface area contributed by atoms with E-state index < -0.39 is 13.0 Å². The van der Waals surface area contributed by atoms with Crippen molar-refractivity contribution >= 4 is 0 Å². The van der Waals surface area contributed by atoms with E-state index in [1.807, 2.05) is 24.3 Å². The normalized spacial score (nSPS) is 11.2. The summed E-state index contributed by atoms with van der Waals surface area (Å²) in [5, 5.41) is 0. The first-order valence-corrected chi connectivity index (χ1v) is 6.97. The molecule has 0 fully saturated rings. The lowest BCUT2D eigenvalue weighted by atomic mass is 10.0. The second-order valence-corrected chi connectivity index (χ2v) is 4.89. The smallest absolute Gasteiger partial charge is 0.387 e. The lowest BCUT2D eigenvalue weighted by molar-refractivity contribution is -0.0498. The maximum atomic E-state index is 12.1. The molecule has 0 atom stereocenters. The molecule has 0 saturated heterocycles. The Morgan fingerprint density at radius 2 is 1.59 bits per heavy atom. The van der Waals surface area contributed by atoms with Crippen LogP contribution < -0.4 is 4.74 Å². The van der Waals surface area contributed by atoms with Gasteiger partial charge in [0.05, 0.1) is 0 Å². The Morgan fingerprint density at radius 1 is 0.864 bits per heavy atom. The van der Waals surface area contributed by atoms with E-state index in [0.29, 0.717) is 12.8 Å². The van der Waals surface area contributed by atoms with Gasteiger partial charge in [0.15, 0.2) is 0 Å². The Hall–Kier alpha value is -2.04. The zero-order valence-electron chi connectivity index (χ0n) is 11.8. The molecule has 0 heterocycles. The Labute approximate surface area is 126 Å². The minimum Gasteiger partial charge on any atom is -0.435 e. The van der Waals surface area contributed by atoms with Crippen LogP contribution in [0.1, 0.15) is 18.4 Å². The van der Waals surface area contributed by atoms with Gasteiger partial charge in [-0.15, -0.1) is 0 Å². The third-order valence-electron chi connectivity index (χ3n) is 3.23. The van der Waals surface area contributed by atoms with Crippen molar-refractivity contribution in [2.75, 3.05) is 0 Å². The second kappa shape index (κ2) is 7.82. The highest BCUT2D eigenvalue weighted by atomic mass is 19.3. The van der Waals surface area contributed by atoms with Crippen LogP contribution in [0.15, 0.2) is 48.5 Å². The van der Waals surface area contributed by atoms with Gasteiger partial charge in [0, 0.05) is 6.42 Å². The molecule has 0 unspecified atom stereocenters. The first-order valence-electron chi connectivity index (χ1n) is 6.97. The fourth-order valence-corrected chi connectivity index (χ4v) is 2.20. The molecule has 0 spiro atoms. The van der Waals surface area contributed by atoms with Crippen molar-refractivity contribution < 1.29 is 22.3 Å². The zero-order valence-corrected chi connectivity index (χ0v) is 11.8. The van der Waals surface area contributed by atoms with Gasteiger partial charge in [0.25, 0.3) is 0 Å². The van der Waals surface area contributed by atoms with E-state index in [0.717, 1.165) is 16.7 Å². The fourth-order valence-electron chi connectivity index (χ4n) is 2.20. The predicted molar refractivity (Wildman–Crippen MR) is 77.5 cm³/mol. The highest BCUT2D eigenvalue weighted by molar-refractivity contribution is 5.64. The SMILES string of the molecule is FC(F)CCCc1cccc(-c2ccc(OC(F)F)cc2)c1. The van der Waals surface area contributed by atoms with Gasteiger partial charge in [-0.1, -0.05) is 36.4 Å². The molecule has 118 valence electrons. The van der Waals surface area contributed by atoms with Gasteiger partial charge in [0.2, 0.25) is 6.43 Å². The van der Waals surface area contributed by atoms with Crippen molar-refractivity contribution in [3.05, 3.63) is 54.1 Å². The van der Waals surface area contributed by atoms with Crippen LogP contribution in [0.5, 0.6) is 5.75 Å². The van der Waals surface area contributed by atoms with Crippen molar-refractivity contribution in [2.45, 2.75) is 32.3 Å². The Morgan fingerprint density at radius 3 is 2.23 bits per heavy atom. The third kappa shape index (κ3) is 5.06. The van der Waals surface area contributed by atoms with E-state index >= 15 is 0 Å². The quantitative estimate of drug-likeness (QED) is 0.610. The molecule has 0 amide bonds. The van der Waals surface area contributed by atoms with Gasteiger partial charge in [-0.25, -0.2) is 8.78 Å². The van der Waals surface area contributed by atoms with Gasteiger partial charge in [-0.3, -0.25) is 0 Å². The van der Waals surface area contributed by atoms with Crippen LogP contribution in [-0.2, 0) is 6.42 Å². The summed E-state index contributed by atoms with van der Waals surface area (Å²) >= 11 is 0. The maximum absolute atomic E-state index is 12.1. The molecule has 22 heavy (non-hydrogen) atoms. The van der Waals surface area contributed by atoms with Crippen LogP contribution in [0.4, 0.5) is 17.6 Å². The molecule has 5 heteroatoms.